The second kappa shape index (κ2) is 11.1. The molecule has 0 bridgehead atoms. The molecule has 0 amide bonds. The van der Waals surface area contributed by atoms with Crippen LogP contribution in [0.3, 0.4) is 0 Å². The molecule has 0 aliphatic carbocycles. The number of thiophene rings is 1. The first-order valence-electron chi connectivity index (χ1n) is 8.68. The lowest BCUT2D eigenvalue weighted by molar-refractivity contribution is 0.305. The Balaban J connectivity index is 0.00000300. The van der Waals surface area contributed by atoms with Gasteiger partial charge in [-0.1, -0.05) is 34.1 Å². The van der Waals surface area contributed by atoms with E-state index in [1.54, 1.807) is 23.5 Å². The fourth-order valence-corrected chi connectivity index (χ4v) is 4.21. The molecule has 0 saturated heterocycles. The monoisotopic (exact) mass is 516 g/mol. The van der Waals surface area contributed by atoms with Gasteiger partial charge in [0.25, 0.3) is 0 Å². The van der Waals surface area contributed by atoms with Crippen molar-refractivity contribution >= 4 is 49.7 Å². The minimum absolute atomic E-state index is 0. The van der Waals surface area contributed by atoms with Crippen molar-refractivity contribution in [3.63, 3.8) is 0 Å². The van der Waals surface area contributed by atoms with Crippen molar-refractivity contribution in [2.24, 2.45) is 5.14 Å². The molecule has 156 valence electrons. The first-order chi connectivity index (χ1) is 13.4. The molecule has 3 aromatic rings. The quantitative estimate of drug-likeness (QED) is 0.410. The number of primary sulfonamides is 1. The highest BCUT2D eigenvalue weighted by Crippen LogP contribution is 2.24. The molecule has 1 aromatic heterocycles. The highest BCUT2D eigenvalue weighted by atomic mass is 79.9. The van der Waals surface area contributed by atoms with Crippen LogP contribution in [0.1, 0.15) is 16.0 Å². The zero-order valence-electron chi connectivity index (χ0n) is 15.5. The van der Waals surface area contributed by atoms with Gasteiger partial charge in [0.05, 0.1) is 4.90 Å². The van der Waals surface area contributed by atoms with E-state index in [0.29, 0.717) is 13.2 Å². The van der Waals surface area contributed by atoms with Crippen LogP contribution < -0.4 is 15.2 Å². The molecule has 0 saturated carbocycles. The highest BCUT2D eigenvalue weighted by molar-refractivity contribution is 9.10. The Morgan fingerprint density at radius 3 is 2.52 bits per heavy atom. The number of nitrogens with one attached hydrogen (secondary N) is 1. The topological polar surface area (TPSA) is 81.4 Å². The minimum Gasteiger partial charge on any atom is -0.488 e. The molecule has 0 fully saturated rings. The smallest absolute Gasteiger partial charge is 0.238 e. The number of ether oxygens (including phenoxy) is 1. The van der Waals surface area contributed by atoms with Crippen molar-refractivity contribution in [2.75, 3.05) is 6.54 Å². The zero-order chi connectivity index (χ0) is 20.0. The Labute approximate surface area is 189 Å². The molecule has 3 N–H and O–H groups in total. The van der Waals surface area contributed by atoms with E-state index < -0.39 is 10.0 Å². The van der Waals surface area contributed by atoms with E-state index in [2.05, 4.69) is 33.4 Å². The van der Waals surface area contributed by atoms with E-state index in [0.717, 1.165) is 34.3 Å². The summed E-state index contributed by atoms with van der Waals surface area (Å²) in [4.78, 5) is 1.32. The first-order valence-corrected chi connectivity index (χ1v) is 11.9. The summed E-state index contributed by atoms with van der Waals surface area (Å²) in [6, 6.07) is 16.7. The molecule has 0 aliphatic rings. The Morgan fingerprint density at radius 1 is 1.10 bits per heavy atom. The lowest BCUT2D eigenvalue weighted by atomic mass is 10.1. The summed E-state index contributed by atoms with van der Waals surface area (Å²) in [6.45, 7) is 1.99. The van der Waals surface area contributed by atoms with E-state index in [1.807, 2.05) is 23.6 Å². The standard InChI is InChI=1S/C20H21BrN2O3S2.ClH/c21-17-5-8-20(26-14-18-2-1-11-27-18)16(12-17)13-23-10-9-15-3-6-19(7-4-15)28(22,24)25;/h1-8,11-12,23H,9-10,13-14H2,(H2,22,24,25);1H. The third-order valence-electron chi connectivity index (χ3n) is 4.13. The number of sulfonamides is 1. The van der Waals surface area contributed by atoms with Crippen LogP contribution in [0.4, 0.5) is 0 Å². The average Bonchev–Trinajstić information content (AvgIpc) is 3.18. The third kappa shape index (κ3) is 7.40. The van der Waals surface area contributed by atoms with Crippen molar-refractivity contribution in [2.45, 2.75) is 24.5 Å². The van der Waals surface area contributed by atoms with Gasteiger partial charge in [-0.3, -0.25) is 0 Å². The third-order valence-corrected chi connectivity index (χ3v) is 6.40. The predicted octanol–water partition coefficient (Wildman–Crippen LogP) is 4.49. The lowest BCUT2D eigenvalue weighted by Gasteiger charge is -2.12. The molecule has 5 nitrogen and oxygen atoms in total. The maximum Gasteiger partial charge on any atom is 0.238 e. The van der Waals surface area contributed by atoms with Gasteiger partial charge in [-0.15, -0.1) is 23.7 Å². The number of halogens is 2. The summed E-state index contributed by atoms with van der Waals surface area (Å²) in [5.74, 6) is 0.863. The van der Waals surface area contributed by atoms with Crippen molar-refractivity contribution < 1.29 is 13.2 Å². The molecular weight excluding hydrogens is 496 g/mol. The molecule has 3 rings (SSSR count). The maximum atomic E-state index is 11.3. The fraction of sp³-hybridized carbons (Fsp3) is 0.200. The van der Waals surface area contributed by atoms with Gasteiger partial charge >= 0.3 is 0 Å². The van der Waals surface area contributed by atoms with Gasteiger partial charge < -0.3 is 10.1 Å². The van der Waals surface area contributed by atoms with Crippen LogP contribution in [-0.4, -0.2) is 15.0 Å². The molecule has 1 heterocycles. The molecule has 0 spiro atoms. The van der Waals surface area contributed by atoms with Gasteiger partial charge in [-0.05, 0) is 60.3 Å². The molecule has 0 aliphatic heterocycles. The molecular formula is C20H22BrClN2O3S2. The van der Waals surface area contributed by atoms with E-state index >= 15 is 0 Å². The minimum atomic E-state index is -3.64. The van der Waals surface area contributed by atoms with Crippen LogP contribution in [0.25, 0.3) is 0 Å². The number of hydrogen-bond acceptors (Lipinski definition) is 5. The second-order valence-electron chi connectivity index (χ2n) is 6.24. The molecule has 0 unspecified atom stereocenters. The molecule has 9 heteroatoms. The van der Waals surface area contributed by atoms with Crippen molar-refractivity contribution in [3.8, 4) is 5.75 Å². The van der Waals surface area contributed by atoms with E-state index in [9.17, 15) is 8.42 Å². The Kier molecular flexibility index (Phi) is 9.13. The molecule has 0 atom stereocenters. The number of benzene rings is 2. The van der Waals surface area contributed by atoms with Crippen molar-refractivity contribution in [3.05, 3.63) is 80.5 Å². The van der Waals surface area contributed by atoms with Crippen LogP contribution in [0.2, 0.25) is 0 Å². The van der Waals surface area contributed by atoms with Gasteiger partial charge in [-0.2, -0.15) is 0 Å². The van der Waals surface area contributed by atoms with Gasteiger partial charge in [-0.25, -0.2) is 13.6 Å². The summed E-state index contributed by atoms with van der Waals surface area (Å²) in [6.07, 6.45) is 0.782. The fourth-order valence-electron chi connectivity index (χ4n) is 2.67. The van der Waals surface area contributed by atoms with Gasteiger partial charge in [0, 0.05) is 21.5 Å². The van der Waals surface area contributed by atoms with Gasteiger partial charge in [0.1, 0.15) is 12.4 Å². The number of hydrogen-bond donors (Lipinski definition) is 2. The van der Waals surface area contributed by atoms with Crippen LogP contribution in [0, 0.1) is 0 Å². The number of nitrogens with two attached hydrogens (primary N) is 1. The summed E-state index contributed by atoms with van der Waals surface area (Å²) in [5.41, 5.74) is 2.12. The molecule has 29 heavy (non-hydrogen) atoms. The predicted molar refractivity (Wildman–Crippen MR) is 123 cm³/mol. The normalized spacial score (nSPS) is 11.1. The van der Waals surface area contributed by atoms with Crippen LogP contribution in [0.15, 0.2) is 69.3 Å². The van der Waals surface area contributed by atoms with Crippen LogP contribution >= 0.6 is 39.7 Å². The van der Waals surface area contributed by atoms with E-state index in [4.69, 9.17) is 9.88 Å². The molecule has 0 radical (unpaired) electrons. The average molecular weight is 518 g/mol. The second-order valence-corrected chi connectivity index (χ2v) is 9.75. The zero-order valence-corrected chi connectivity index (χ0v) is 19.5. The van der Waals surface area contributed by atoms with Crippen LogP contribution in [-0.2, 0) is 29.6 Å². The number of rotatable bonds is 9. The van der Waals surface area contributed by atoms with Crippen molar-refractivity contribution in [1.29, 1.82) is 0 Å². The van der Waals surface area contributed by atoms with Crippen molar-refractivity contribution in [1.82, 2.24) is 5.32 Å². The maximum absolute atomic E-state index is 11.3. The Hall–Kier alpha value is -1.42. The largest absolute Gasteiger partial charge is 0.488 e. The Morgan fingerprint density at radius 2 is 1.86 bits per heavy atom. The summed E-state index contributed by atoms with van der Waals surface area (Å²) in [7, 11) is -3.64. The van der Waals surface area contributed by atoms with Gasteiger partial charge in [0.15, 0.2) is 0 Å². The Bertz CT molecular complexity index is 1010. The first kappa shape index (κ1) is 23.9. The summed E-state index contributed by atoms with van der Waals surface area (Å²) < 4.78 is 29.6. The van der Waals surface area contributed by atoms with Gasteiger partial charge in [0.2, 0.25) is 10.0 Å². The molecule has 2 aromatic carbocycles. The SMILES string of the molecule is Cl.NS(=O)(=O)c1ccc(CCNCc2cc(Br)ccc2OCc2cccs2)cc1. The lowest BCUT2D eigenvalue weighted by Crippen LogP contribution is -2.17. The summed E-state index contributed by atoms with van der Waals surface area (Å²) in [5, 5.41) is 10.6. The van der Waals surface area contributed by atoms with Crippen LogP contribution in [0.5, 0.6) is 5.75 Å². The van der Waals surface area contributed by atoms with E-state index in [1.165, 1.54) is 17.0 Å². The van der Waals surface area contributed by atoms with E-state index in [-0.39, 0.29) is 17.3 Å². The highest BCUT2D eigenvalue weighted by Gasteiger charge is 2.08. The summed E-state index contributed by atoms with van der Waals surface area (Å²) >= 11 is 5.19.